The number of hydrogen-bond acceptors (Lipinski definition) is 6. The largest absolute Gasteiger partial charge is 0.484 e. The van der Waals surface area contributed by atoms with Crippen molar-refractivity contribution in [1.29, 1.82) is 15.8 Å². The zero-order valence-electron chi connectivity index (χ0n) is 11.1. The van der Waals surface area contributed by atoms with Crippen LogP contribution in [-0.2, 0) is 0 Å². The molecule has 0 aromatic carbocycles. The molecule has 0 aliphatic rings. The Kier molecular flexibility index (Phi) is 4.74. The molecule has 4 nitrogen and oxygen atoms in total. The summed E-state index contributed by atoms with van der Waals surface area (Å²) in [6, 6.07) is 12.9. The first kappa shape index (κ1) is 14.8. The van der Waals surface area contributed by atoms with Crippen LogP contribution in [-0.4, -0.2) is 6.61 Å². The Morgan fingerprint density at radius 2 is 1.67 bits per heavy atom. The van der Waals surface area contributed by atoms with Crippen molar-refractivity contribution >= 4 is 28.2 Å². The van der Waals surface area contributed by atoms with Gasteiger partial charge in [-0.05, 0) is 31.2 Å². The number of nitrogens with zero attached hydrogens (tertiary/aromatic N) is 3. The summed E-state index contributed by atoms with van der Waals surface area (Å²) in [5, 5.41) is 27.8. The first-order valence-electron chi connectivity index (χ1n) is 6.01. The van der Waals surface area contributed by atoms with Crippen molar-refractivity contribution < 1.29 is 4.74 Å². The normalized spacial score (nSPS) is 9.24. The van der Waals surface area contributed by atoms with Gasteiger partial charge in [0.05, 0.1) is 12.2 Å². The molecule has 0 radical (unpaired) electrons. The molecule has 0 atom stereocenters. The number of ether oxygens (including phenoxy) is 1. The number of nitriles is 3. The molecule has 0 aliphatic carbocycles. The summed E-state index contributed by atoms with van der Waals surface area (Å²) in [7, 11) is 0. The van der Waals surface area contributed by atoms with Crippen LogP contribution in [0.1, 0.15) is 11.8 Å². The lowest BCUT2D eigenvalue weighted by Crippen LogP contribution is -1.86. The lowest BCUT2D eigenvalue weighted by atomic mass is 10.1. The van der Waals surface area contributed by atoms with Crippen LogP contribution in [0.15, 0.2) is 29.8 Å². The van der Waals surface area contributed by atoms with Crippen LogP contribution in [0.4, 0.5) is 0 Å². The highest BCUT2D eigenvalue weighted by Gasteiger charge is 2.13. The quantitative estimate of drug-likeness (QED) is 0.792. The Labute approximate surface area is 130 Å². The average molecular weight is 311 g/mol. The standard InChI is InChI=1S/C15H9N3OS2/c1-2-19-15-6-5-14(21-15)13-4-3-12(20-13)11(9-18)10(7-16)8-17/h3-6H,2H2,1H3. The van der Waals surface area contributed by atoms with E-state index in [0.29, 0.717) is 11.5 Å². The highest BCUT2D eigenvalue weighted by Crippen LogP contribution is 2.38. The van der Waals surface area contributed by atoms with E-state index in [1.54, 1.807) is 18.2 Å². The first-order valence-corrected chi connectivity index (χ1v) is 7.64. The Morgan fingerprint density at radius 3 is 2.29 bits per heavy atom. The smallest absolute Gasteiger partial charge is 0.174 e. The molecule has 0 aliphatic heterocycles. The fourth-order valence-electron chi connectivity index (χ4n) is 1.65. The van der Waals surface area contributed by atoms with Crippen LogP contribution in [0.25, 0.3) is 15.3 Å². The number of rotatable bonds is 4. The van der Waals surface area contributed by atoms with Gasteiger partial charge >= 0.3 is 0 Å². The van der Waals surface area contributed by atoms with Crippen molar-refractivity contribution in [1.82, 2.24) is 0 Å². The van der Waals surface area contributed by atoms with Gasteiger partial charge in [0.1, 0.15) is 23.8 Å². The summed E-state index contributed by atoms with van der Waals surface area (Å²) in [5.74, 6) is 0. The highest BCUT2D eigenvalue weighted by atomic mass is 32.1. The molecule has 0 N–H and O–H groups in total. The van der Waals surface area contributed by atoms with Gasteiger partial charge in [0.15, 0.2) is 5.06 Å². The summed E-state index contributed by atoms with van der Waals surface area (Å²) in [4.78, 5) is 2.63. The summed E-state index contributed by atoms with van der Waals surface area (Å²) >= 11 is 2.90. The van der Waals surface area contributed by atoms with Crippen LogP contribution >= 0.6 is 22.7 Å². The van der Waals surface area contributed by atoms with E-state index in [1.807, 2.05) is 31.2 Å². The molecule has 2 aromatic heterocycles. The van der Waals surface area contributed by atoms with Crippen LogP contribution in [0.5, 0.6) is 5.06 Å². The maximum absolute atomic E-state index is 9.15. The summed E-state index contributed by atoms with van der Waals surface area (Å²) in [6.45, 7) is 2.54. The molecule has 0 amide bonds. The van der Waals surface area contributed by atoms with Gasteiger partial charge in [-0.3, -0.25) is 0 Å². The lowest BCUT2D eigenvalue weighted by molar-refractivity contribution is 0.350. The molecule has 0 spiro atoms. The third kappa shape index (κ3) is 3.12. The maximum Gasteiger partial charge on any atom is 0.174 e. The predicted molar refractivity (Wildman–Crippen MR) is 82.6 cm³/mol. The third-order valence-electron chi connectivity index (χ3n) is 2.55. The van der Waals surface area contributed by atoms with E-state index in [9.17, 15) is 0 Å². The zero-order valence-corrected chi connectivity index (χ0v) is 12.7. The Balaban J connectivity index is 2.38. The van der Waals surface area contributed by atoms with E-state index in [1.165, 1.54) is 22.7 Å². The van der Waals surface area contributed by atoms with Gasteiger partial charge in [0.2, 0.25) is 0 Å². The summed E-state index contributed by atoms with van der Waals surface area (Å²) in [5.41, 5.74) is -0.0371. The molecule has 0 unspecified atom stereocenters. The number of hydrogen-bond donors (Lipinski definition) is 0. The monoisotopic (exact) mass is 311 g/mol. The second kappa shape index (κ2) is 6.72. The zero-order chi connectivity index (χ0) is 15.2. The SMILES string of the molecule is CCOc1ccc(-c2ccc(C(C#N)=C(C#N)C#N)s2)s1. The van der Waals surface area contributed by atoms with Gasteiger partial charge in [-0.25, -0.2) is 0 Å². The molecule has 21 heavy (non-hydrogen) atoms. The number of allylic oxidation sites excluding steroid dienone is 2. The van der Waals surface area contributed by atoms with Gasteiger partial charge in [-0.15, -0.1) is 11.3 Å². The number of thiophene rings is 2. The van der Waals surface area contributed by atoms with Crippen molar-refractivity contribution in [2.45, 2.75) is 6.92 Å². The van der Waals surface area contributed by atoms with Crippen molar-refractivity contribution in [3.8, 4) is 33.0 Å². The van der Waals surface area contributed by atoms with Crippen molar-refractivity contribution in [3.05, 3.63) is 34.7 Å². The lowest BCUT2D eigenvalue weighted by Gasteiger charge is -1.95. The average Bonchev–Trinajstić information content (AvgIpc) is 3.14. The Bertz CT molecular complexity index is 793. The minimum Gasteiger partial charge on any atom is -0.484 e. The van der Waals surface area contributed by atoms with Gasteiger partial charge < -0.3 is 4.74 Å². The van der Waals surface area contributed by atoms with Crippen LogP contribution in [0, 0.1) is 34.0 Å². The van der Waals surface area contributed by atoms with Crippen LogP contribution in [0.3, 0.4) is 0 Å². The molecular weight excluding hydrogens is 302 g/mol. The topological polar surface area (TPSA) is 80.6 Å². The molecule has 2 heterocycles. The second-order valence-electron chi connectivity index (χ2n) is 3.80. The van der Waals surface area contributed by atoms with E-state index < -0.39 is 0 Å². The predicted octanol–water partition coefficient (Wildman–Crippen LogP) is 4.20. The van der Waals surface area contributed by atoms with E-state index in [-0.39, 0.29) is 11.1 Å². The minimum atomic E-state index is -0.160. The first-order chi connectivity index (χ1) is 10.2. The fourth-order valence-corrected chi connectivity index (χ4v) is 3.66. The van der Waals surface area contributed by atoms with E-state index in [4.69, 9.17) is 20.5 Å². The van der Waals surface area contributed by atoms with E-state index >= 15 is 0 Å². The molecule has 0 bridgehead atoms. The fraction of sp³-hybridized carbons (Fsp3) is 0.133. The molecule has 2 rings (SSSR count). The van der Waals surface area contributed by atoms with Crippen LogP contribution < -0.4 is 4.74 Å². The minimum absolute atomic E-state index is 0.123. The van der Waals surface area contributed by atoms with E-state index in [0.717, 1.165) is 14.8 Å². The molecule has 0 saturated heterocycles. The van der Waals surface area contributed by atoms with Gasteiger partial charge in [0, 0.05) is 14.6 Å². The van der Waals surface area contributed by atoms with Crippen LogP contribution in [0.2, 0.25) is 0 Å². The molecule has 0 fully saturated rings. The Hall–Kier alpha value is -2.59. The van der Waals surface area contributed by atoms with E-state index in [2.05, 4.69) is 0 Å². The highest BCUT2D eigenvalue weighted by molar-refractivity contribution is 7.23. The van der Waals surface area contributed by atoms with Gasteiger partial charge in [-0.1, -0.05) is 11.3 Å². The molecular formula is C15H9N3OS2. The molecule has 0 saturated carbocycles. The Morgan fingerprint density at radius 1 is 1.00 bits per heavy atom. The van der Waals surface area contributed by atoms with Crippen molar-refractivity contribution in [2.24, 2.45) is 0 Å². The summed E-state index contributed by atoms with van der Waals surface area (Å²) in [6.07, 6.45) is 0. The summed E-state index contributed by atoms with van der Waals surface area (Å²) < 4.78 is 5.43. The maximum atomic E-state index is 9.15. The third-order valence-corrected chi connectivity index (χ3v) is 4.84. The second-order valence-corrected chi connectivity index (χ2v) is 5.93. The van der Waals surface area contributed by atoms with Gasteiger partial charge in [-0.2, -0.15) is 15.8 Å². The van der Waals surface area contributed by atoms with Gasteiger partial charge in [0.25, 0.3) is 0 Å². The molecule has 2 aromatic rings. The molecule has 6 heteroatoms. The molecule has 102 valence electrons. The van der Waals surface area contributed by atoms with Crippen molar-refractivity contribution in [3.63, 3.8) is 0 Å². The van der Waals surface area contributed by atoms with Crippen molar-refractivity contribution in [2.75, 3.05) is 6.61 Å².